The quantitative estimate of drug-likeness (QED) is 0.175. The average Bonchev–Trinajstić information content (AvgIpc) is 3.72. The topological polar surface area (TPSA) is 46.2 Å². The minimum Gasteiger partial charge on any atom is -0.309 e. The maximum atomic E-state index is 15.0. The van der Waals surface area contributed by atoms with Crippen molar-refractivity contribution in [2.45, 2.75) is 0 Å². The average molecular weight is 678 g/mol. The lowest BCUT2D eigenvalue weighted by Gasteiger charge is -2.28. The van der Waals surface area contributed by atoms with Crippen LogP contribution in [0.15, 0.2) is 173 Å². The second-order valence-corrected chi connectivity index (χ2v) is 14.0. The van der Waals surface area contributed by atoms with Crippen molar-refractivity contribution < 1.29 is 0 Å². The van der Waals surface area contributed by atoms with Gasteiger partial charge in [-0.25, -0.2) is 0 Å². The van der Waals surface area contributed by atoms with E-state index in [4.69, 9.17) is 0 Å². The first-order valence-corrected chi connectivity index (χ1v) is 17.9. The molecule has 8 aromatic carbocycles. The number of benzene rings is 8. The predicted octanol–water partition coefficient (Wildman–Crippen LogP) is 11.3. The molecule has 0 bridgehead atoms. The summed E-state index contributed by atoms with van der Waals surface area (Å²) in [6, 6.07) is 55.8. The van der Waals surface area contributed by atoms with Crippen molar-refractivity contribution in [2.75, 3.05) is 4.90 Å². The highest BCUT2D eigenvalue weighted by Gasteiger charge is 2.26. The first-order chi connectivity index (χ1) is 26.2. The van der Waals surface area contributed by atoms with E-state index in [9.17, 15) is 4.79 Å². The third kappa shape index (κ3) is 3.60. The van der Waals surface area contributed by atoms with Crippen LogP contribution < -0.4 is 15.8 Å². The van der Waals surface area contributed by atoms with Gasteiger partial charge in [0.25, 0.3) is 0 Å². The molecule has 5 heteroatoms. The fraction of sp³-hybridized carbons (Fsp3) is 0. The van der Waals surface area contributed by atoms with E-state index in [2.05, 4.69) is 105 Å². The number of para-hydroxylation sites is 4. The molecule has 0 radical (unpaired) electrons. The minimum atomic E-state index is 0.00340. The summed E-state index contributed by atoms with van der Waals surface area (Å²) in [5, 5.41) is 9.17. The van der Waals surface area contributed by atoms with Crippen molar-refractivity contribution in [3.8, 4) is 0 Å². The van der Waals surface area contributed by atoms with Gasteiger partial charge in [-0.3, -0.25) is 9.59 Å². The second kappa shape index (κ2) is 10.2. The van der Waals surface area contributed by atoms with E-state index in [1.165, 1.54) is 0 Å². The highest BCUT2D eigenvalue weighted by molar-refractivity contribution is 6.26. The number of aromatic nitrogens is 2. The fourth-order valence-electron chi connectivity index (χ4n) is 9.13. The first kappa shape index (κ1) is 28.5. The fourth-order valence-corrected chi connectivity index (χ4v) is 9.13. The lowest BCUT2D eigenvalue weighted by Crippen LogP contribution is -2.15. The predicted molar refractivity (Wildman–Crippen MR) is 220 cm³/mol. The Kier molecular flexibility index (Phi) is 5.47. The maximum absolute atomic E-state index is 15.0. The van der Waals surface area contributed by atoms with Crippen LogP contribution in [0.2, 0.25) is 0 Å². The van der Waals surface area contributed by atoms with Crippen LogP contribution in [-0.2, 0) is 0 Å². The minimum absolute atomic E-state index is 0.00340. The van der Waals surface area contributed by atoms with Crippen LogP contribution in [0.1, 0.15) is 0 Å². The molecule has 0 unspecified atom stereocenters. The summed E-state index contributed by atoms with van der Waals surface area (Å²) in [5.74, 6) is 0. The second-order valence-electron chi connectivity index (χ2n) is 14.0. The number of hydrogen-bond acceptors (Lipinski definition) is 3. The highest BCUT2D eigenvalue weighted by atomic mass is 16.1. The Hall–Kier alpha value is -7.24. The number of nitrogens with zero attached hydrogens (tertiary/aromatic N) is 3. The van der Waals surface area contributed by atoms with E-state index < -0.39 is 0 Å². The summed E-state index contributed by atoms with van der Waals surface area (Å²) in [4.78, 5) is 31.0. The zero-order valence-electron chi connectivity index (χ0n) is 28.2. The van der Waals surface area contributed by atoms with Gasteiger partial charge in [0, 0.05) is 48.8 Å². The third-order valence-electron chi connectivity index (χ3n) is 11.3. The van der Waals surface area contributed by atoms with Crippen molar-refractivity contribution in [1.82, 2.24) is 8.80 Å². The monoisotopic (exact) mass is 677 g/mol. The molecule has 0 spiro atoms. The molecule has 4 heterocycles. The molecule has 4 aromatic heterocycles. The molecule has 0 amide bonds. The standard InChI is InChI=1S/C48H27N3O2/c52-47-33-17-6-8-21-39(33)50-42-27-43-37(26-36(42)31-19-11-20-35(47)45(31)50)32-24-25-41(44-46(32)51(43)40-22-9-7-18-34(40)48(44)53)49(29-14-2-1-3-15-29)38-23-10-13-28-12-4-5-16-30(28)38/h1-27H. The number of anilines is 3. The summed E-state index contributed by atoms with van der Waals surface area (Å²) < 4.78 is 4.54. The molecule has 0 aliphatic carbocycles. The Morgan fingerprint density at radius 2 is 0.925 bits per heavy atom. The van der Waals surface area contributed by atoms with Crippen LogP contribution in [0.3, 0.4) is 0 Å². The van der Waals surface area contributed by atoms with Gasteiger partial charge >= 0.3 is 0 Å². The molecule has 0 aliphatic rings. The zero-order chi connectivity index (χ0) is 34.9. The Balaban J connectivity index is 1.29. The van der Waals surface area contributed by atoms with Gasteiger partial charge in [0.2, 0.25) is 0 Å². The van der Waals surface area contributed by atoms with Gasteiger partial charge in [-0.05, 0) is 72.1 Å². The number of pyridine rings is 2. The Morgan fingerprint density at radius 3 is 1.70 bits per heavy atom. The van der Waals surface area contributed by atoms with Gasteiger partial charge in [-0.15, -0.1) is 0 Å². The van der Waals surface area contributed by atoms with Crippen molar-refractivity contribution >= 4 is 104 Å². The molecule has 0 atom stereocenters. The van der Waals surface area contributed by atoms with Gasteiger partial charge in [-0.1, -0.05) is 97.1 Å². The molecule has 0 N–H and O–H groups in total. The molecule has 53 heavy (non-hydrogen) atoms. The van der Waals surface area contributed by atoms with E-state index in [0.29, 0.717) is 21.5 Å². The molecule has 12 rings (SSSR count). The summed E-state index contributed by atoms with van der Waals surface area (Å²) in [7, 11) is 0. The third-order valence-corrected chi connectivity index (χ3v) is 11.3. The zero-order valence-corrected chi connectivity index (χ0v) is 28.2. The van der Waals surface area contributed by atoms with Crippen molar-refractivity contribution in [1.29, 1.82) is 0 Å². The van der Waals surface area contributed by atoms with Gasteiger partial charge < -0.3 is 13.7 Å². The molecular formula is C48H27N3O2. The molecule has 12 aromatic rings. The van der Waals surface area contributed by atoms with E-state index in [0.717, 1.165) is 82.5 Å². The molecule has 246 valence electrons. The van der Waals surface area contributed by atoms with Crippen LogP contribution >= 0.6 is 0 Å². The molecule has 0 saturated carbocycles. The molecular weight excluding hydrogens is 651 g/mol. The van der Waals surface area contributed by atoms with E-state index in [1.54, 1.807) is 0 Å². The number of rotatable bonds is 3. The molecule has 0 aliphatic heterocycles. The van der Waals surface area contributed by atoms with Crippen LogP contribution in [0.5, 0.6) is 0 Å². The van der Waals surface area contributed by atoms with Gasteiger partial charge in [0.05, 0.1) is 49.9 Å². The highest BCUT2D eigenvalue weighted by Crippen LogP contribution is 2.46. The SMILES string of the molecule is O=c1c2ccccc2n2c3cc4c(cc3c3cccc1c32)c1ccc(N(c2ccccc2)c2cccc3ccccc23)c2c(=O)c3ccccc3n4c21. The summed E-state index contributed by atoms with van der Waals surface area (Å²) in [6.45, 7) is 0. The summed E-state index contributed by atoms with van der Waals surface area (Å²) >= 11 is 0. The number of fused-ring (bicyclic) bond motifs is 11. The molecule has 0 fully saturated rings. The largest absolute Gasteiger partial charge is 0.309 e. The Labute approximate surface area is 301 Å². The van der Waals surface area contributed by atoms with Gasteiger partial charge in [0.1, 0.15) is 0 Å². The van der Waals surface area contributed by atoms with Gasteiger partial charge in [-0.2, -0.15) is 0 Å². The van der Waals surface area contributed by atoms with E-state index in [1.807, 2.05) is 72.8 Å². The number of hydrogen-bond donors (Lipinski definition) is 0. The summed E-state index contributed by atoms with van der Waals surface area (Å²) in [6.07, 6.45) is 0. The van der Waals surface area contributed by atoms with Gasteiger partial charge in [0.15, 0.2) is 10.9 Å². The maximum Gasteiger partial charge on any atom is 0.199 e. The Morgan fingerprint density at radius 1 is 0.358 bits per heavy atom. The van der Waals surface area contributed by atoms with Crippen LogP contribution in [0, 0.1) is 0 Å². The molecule has 0 saturated heterocycles. The van der Waals surface area contributed by atoms with E-state index >= 15 is 4.79 Å². The van der Waals surface area contributed by atoms with Crippen molar-refractivity contribution in [3.05, 3.63) is 184 Å². The lowest BCUT2D eigenvalue weighted by atomic mass is 10.0. The summed E-state index contributed by atoms with van der Waals surface area (Å²) in [5.41, 5.74) is 8.48. The Bertz CT molecular complexity index is 3620. The molecule has 5 nitrogen and oxygen atoms in total. The first-order valence-electron chi connectivity index (χ1n) is 17.9. The van der Waals surface area contributed by atoms with Crippen LogP contribution in [0.4, 0.5) is 17.1 Å². The van der Waals surface area contributed by atoms with Crippen LogP contribution in [0.25, 0.3) is 87.0 Å². The lowest BCUT2D eigenvalue weighted by molar-refractivity contribution is 1.29. The normalized spacial score (nSPS) is 12.3. The van der Waals surface area contributed by atoms with Crippen molar-refractivity contribution in [3.63, 3.8) is 0 Å². The van der Waals surface area contributed by atoms with E-state index in [-0.39, 0.29) is 10.9 Å². The van der Waals surface area contributed by atoms with Crippen LogP contribution in [-0.4, -0.2) is 8.80 Å². The van der Waals surface area contributed by atoms with Crippen molar-refractivity contribution in [2.24, 2.45) is 0 Å². The smallest absolute Gasteiger partial charge is 0.199 e.